The molecule has 52 valence electrons. The van der Waals surface area contributed by atoms with Gasteiger partial charge in [-0.05, 0) is 6.04 Å². The van der Waals surface area contributed by atoms with E-state index >= 15 is 0 Å². The van der Waals surface area contributed by atoms with Crippen LogP contribution in [0.1, 0.15) is 13.8 Å². The normalized spacial score (nSPS) is 8.25. The molecule has 8 heavy (non-hydrogen) atoms. The summed E-state index contributed by atoms with van der Waals surface area (Å²) >= 11 is 0. The average Bonchev–Trinajstić information content (AvgIpc) is 1.65. The van der Waals surface area contributed by atoms with E-state index in [1.807, 2.05) is 13.8 Å². The van der Waals surface area contributed by atoms with Crippen molar-refractivity contribution in [2.24, 2.45) is 11.5 Å². The molecule has 0 atom stereocenters. The molecule has 0 spiro atoms. The van der Waals surface area contributed by atoms with Gasteiger partial charge in [0.05, 0.1) is 6.61 Å². The van der Waals surface area contributed by atoms with Gasteiger partial charge in [-0.25, -0.2) is 0 Å². The fourth-order valence-electron chi connectivity index (χ4n) is 0. The Morgan fingerprint density at radius 1 is 1.50 bits per heavy atom. The first-order chi connectivity index (χ1) is 3.65. The van der Waals surface area contributed by atoms with Crippen LogP contribution in [0.25, 0.3) is 0 Å². The summed E-state index contributed by atoms with van der Waals surface area (Å²) in [6, 6.07) is 0.333. The topological polar surface area (TPSA) is 72.3 Å². The van der Waals surface area contributed by atoms with Gasteiger partial charge < -0.3 is 16.6 Å². The highest BCUT2D eigenvalue weighted by Crippen LogP contribution is 1.58. The summed E-state index contributed by atoms with van der Waals surface area (Å²) in [6.07, 6.45) is 0. The molecular formula is C5H16N2O. The molecule has 0 heterocycles. The third kappa shape index (κ3) is 181. The Bertz CT molecular complexity index is 26.9. The van der Waals surface area contributed by atoms with Crippen LogP contribution in [0.3, 0.4) is 0 Å². The quantitative estimate of drug-likeness (QED) is 0.428. The lowest BCUT2D eigenvalue weighted by molar-refractivity contribution is 0.306. The maximum absolute atomic E-state index is 7.75. The predicted molar refractivity (Wildman–Crippen MR) is 35.5 cm³/mol. The van der Waals surface area contributed by atoms with Crippen LogP contribution in [0.5, 0.6) is 0 Å². The van der Waals surface area contributed by atoms with Crippen LogP contribution < -0.4 is 11.5 Å². The zero-order chi connectivity index (χ0) is 6.99. The van der Waals surface area contributed by atoms with E-state index in [4.69, 9.17) is 16.6 Å². The van der Waals surface area contributed by atoms with Gasteiger partial charge in [-0.15, -0.1) is 0 Å². The van der Waals surface area contributed by atoms with Gasteiger partial charge in [0.25, 0.3) is 0 Å². The summed E-state index contributed by atoms with van der Waals surface area (Å²) in [5.74, 6) is 0. The first-order valence-electron chi connectivity index (χ1n) is 2.71. The summed E-state index contributed by atoms with van der Waals surface area (Å²) in [5, 5.41) is 7.75. The number of aliphatic hydroxyl groups is 1. The van der Waals surface area contributed by atoms with Gasteiger partial charge in [0.15, 0.2) is 0 Å². The maximum Gasteiger partial charge on any atom is 0.0553 e. The highest BCUT2D eigenvalue weighted by atomic mass is 16.3. The van der Waals surface area contributed by atoms with E-state index in [0.29, 0.717) is 12.6 Å². The van der Waals surface area contributed by atoms with Crippen LogP contribution in [-0.2, 0) is 0 Å². The lowest BCUT2D eigenvalue weighted by atomic mass is 10.5. The molecule has 0 fully saturated rings. The molecule has 0 amide bonds. The number of nitrogens with two attached hydrogens (primary N) is 2. The first kappa shape index (κ1) is 10.8. The lowest BCUT2D eigenvalue weighted by Gasteiger charge is -1.81. The zero-order valence-corrected chi connectivity index (χ0v) is 5.59. The fourth-order valence-corrected chi connectivity index (χ4v) is 0. The molecule has 0 radical (unpaired) electrons. The number of rotatable bonds is 1. The molecule has 0 aliphatic rings. The largest absolute Gasteiger partial charge is 0.395 e. The standard InChI is InChI=1S/C3H9N.C2H7NO/c1-3(2)4;3-1-2-4/h3H,4H2,1-2H3;4H,1-3H2. The second-order valence-electron chi connectivity index (χ2n) is 1.76. The molecular weight excluding hydrogens is 104 g/mol. The second kappa shape index (κ2) is 9.99. The molecule has 0 aromatic carbocycles. The number of hydrogen-bond acceptors (Lipinski definition) is 3. The maximum atomic E-state index is 7.75. The molecule has 0 aliphatic carbocycles. The zero-order valence-electron chi connectivity index (χ0n) is 5.59. The van der Waals surface area contributed by atoms with Crippen molar-refractivity contribution in [3.8, 4) is 0 Å². The Balaban J connectivity index is 0. The average molecular weight is 120 g/mol. The Morgan fingerprint density at radius 3 is 1.62 bits per heavy atom. The summed E-state index contributed by atoms with van der Waals surface area (Å²) in [7, 11) is 0. The fraction of sp³-hybridized carbons (Fsp3) is 1.00. The summed E-state index contributed by atoms with van der Waals surface area (Å²) in [4.78, 5) is 0. The van der Waals surface area contributed by atoms with Gasteiger partial charge in [0.2, 0.25) is 0 Å². The Kier molecular flexibility index (Phi) is 13.5. The van der Waals surface area contributed by atoms with Crippen molar-refractivity contribution in [3.05, 3.63) is 0 Å². The molecule has 3 nitrogen and oxygen atoms in total. The molecule has 3 heteroatoms. The van der Waals surface area contributed by atoms with Crippen molar-refractivity contribution >= 4 is 0 Å². The van der Waals surface area contributed by atoms with Gasteiger partial charge in [-0.3, -0.25) is 0 Å². The second-order valence-corrected chi connectivity index (χ2v) is 1.76. The number of hydrogen-bond donors (Lipinski definition) is 3. The van der Waals surface area contributed by atoms with E-state index in [-0.39, 0.29) is 6.61 Å². The summed E-state index contributed by atoms with van der Waals surface area (Å²) in [6.45, 7) is 4.36. The van der Waals surface area contributed by atoms with Crippen molar-refractivity contribution in [1.82, 2.24) is 0 Å². The predicted octanol–water partition coefficient (Wildman–Crippen LogP) is -0.709. The van der Waals surface area contributed by atoms with E-state index in [1.165, 1.54) is 0 Å². The number of aliphatic hydroxyl groups excluding tert-OH is 1. The van der Waals surface area contributed by atoms with Crippen molar-refractivity contribution in [2.75, 3.05) is 13.2 Å². The van der Waals surface area contributed by atoms with Crippen LogP contribution in [-0.4, -0.2) is 24.3 Å². The third-order valence-corrected chi connectivity index (χ3v) is 0.129. The third-order valence-electron chi connectivity index (χ3n) is 0.129. The smallest absolute Gasteiger partial charge is 0.0553 e. The van der Waals surface area contributed by atoms with Gasteiger partial charge >= 0.3 is 0 Å². The minimum absolute atomic E-state index is 0.0972. The minimum atomic E-state index is 0.0972. The molecule has 5 N–H and O–H groups in total. The van der Waals surface area contributed by atoms with Crippen LogP contribution >= 0.6 is 0 Å². The molecule has 0 saturated carbocycles. The van der Waals surface area contributed by atoms with Crippen LogP contribution in [0.15, 0.2) is 0 Å². The highest BCUT2D eigenvalue weighted by molar-refractivity contribution is 4.32. The van der Waals surface area contributed by atoms with Gasteiger partial charge in [-0.1, -0.05) is 13.8 Å². The summed E-state index contributed by atoms with van der Waals surface area (Å²) in [5.41, 5.74) is 9.89. The van der Waals surface area contributed by atoms with Crippen molar-refractivity contribution in [2.45, 2.75) is 19.9 Å². The Hall–Kier alpha value is -0.120. The van der Waals surface area contributed by atoms with Crippen molar-refractivity contribution < 1.29 is 5.11 Å². The molecule has 0 bridgehead atoms. The lowest BCUT2D eigenvalue weighted by Crippen LogP contribution is -2.06. The van der Waals surface area contributed by atoms with Crippen molar-refractivity contribution in [3.63, 3.8) is 0 Å². The summed E-state index contributed by atoms with van der Waals surface area (Å²) < 4.78 is 0. The first-order valence-corrected chi connectivity index (χ1v) is 2.71. The van der Waals surface area contributed by atoms with Gasteiger partial charge in [0.1, 0.15) is 0 Å². The van der Waals surface area contributed by atoms with Crippen LogP contribution in [0.4, 0.5) is 0 Å². The molecule has 0 aromatic heterocycles. The monoisotopic (exact) mass is 120 g/mol. The van der Waals surface area contributed by atoms with Crippen LogP contribution in [0.2, 0.25) is 0 Å². The van der Waals surface area contributed by atoms with E-state index in [2.05, 4.69) is 0 Å². The highest BCUT2D eigenvalue weighted by Gasteiger charge is 1.67. The van der Waals surface area contributed by atoms with Gasteiger partial charge in [0, 0.05) is 6.54 Å². The van der Waals surface area contributed by atoms with E-state index in [1.54, 1.807) is 0 Å². The minimum Gasteiger partial charge on any atom is -0.395 e. The molecule has 0 unspecified atom stereocenters. The van der Waals surface area contributed by atoms with Crippen molar-refractivity contribution in [1.29, 1.82) is 0 Å². The SMILES string of the molecule is CC(C)N.NCCO. The van der Waals surface area contributed by atoms with E-state index in [0.717, 1.165) is 0 Å². The molecule has 0 aromatic rings. The van der Waals surface area contributed by atoms with E-state index < -0.39 is 0 Å². The van der Waals surface area contributed by atoms with Crippen LogP contribution in [0, 0.1) is 0 Å². The molecule has 0 saturated heterocycles. The Morgan fingerprint density at radius 2 is 1.62 bits per heavy atom. The van der Waals surface area contributed by atoms with E-state index in [9.17, 15) is 0 Å². The van der Waals surface area contributed by atoms with Gasteiger partial charge in [-0.2, -0.15) is 0 Å². The molecule has 0 rings (SSSR count). The Labute approximate surface area is 50.7 Å². The molecule has 0 aliphatic heterocycles.